The van der Waals surface area contributed by atoms with Gasteiger partial charge in [-0.05, 0) is 12.1 Å². The number of hydrogen-bond donors (Lipinski definition) is 3. The van der Waals surface area contributed by atoms with Crippen LogP contribution in [-0.4, -0.2) is 32.6 Å². The third-order valence-corrected chi connectivity index (χ3v) is 2.75. The summed E-state index contributed by atoms with van der Waals surface area (Å²) < 4.78 is 4.66. The number of carbonyl (C=O) groups is 2. The topological polar surface area (TPSA) is 93.5 Å². The summed E-state index contributed by atoms with van der Waals surface area (Å²) in [5.74, 6) is -0.657. The first-order valence-electron chi connectivity index (χ1n) is 5.61. The zero-order valence-corrected chi connectivity index (χ0v) is 11.5. The van der Waals surface area contributed by atoms with Gasteiger partial charge in [-0.25, -0.2) is 4.79 Å². The second-order valence-electron chi connectivity index (χ2n) is 3.77. The highest BCUT2D eigenvalue weighted by Gasteiger charge is 2.16. The number of amides is 1. The van der Waals surface area contributed by atoms with Crippen LogP contribution in [0.2, 0.25) is 5.02 Å². The zero-order valence-electron chi connectivity index (χ0n) is 10.7. The number of anilines is 2. The van der Waals surface area contributed by atoms with Gasteiger partial charge in [0.15, 0.2) is 0 Å². The van der Waals surface area contributed by atoms with Crippen LogP contribution >= 0.6 is 11.6 Å². The molecule has 1 amide bonds. The smallest absolute Gasteiger partial charge is 0.340 e. The van der Waals surface area contributed by atoms with E-state index in [2.05, 4.69) is 15.4 Å². The summed E-state index contributed by atoms with van der Waals surface area (Å²) >= 11 is 6.03. The van der Waals surface area contributed by atoms with Gasteiger partial charge in [0.05, 0.1) is 23.4 Å². The monoisotopic (exact) mass is 285 g/mol. The van der Waals surface area contributed by atoms with Gasteiger partial charge in [0, 0.05) is 25.7 Å². The molecule has 1 aromatic rings. The van der Waals surface area contributed by atoms with Crippen molar-refractivity contribution in [2.45, 2.75) is 6.42 Å². The second kappa shape index (κ2) is 6.84. The van der Waals surface area contributed by atoms with Crippen LogP contribution in [0.15, 0.2) is 12.1 Å². The molecule has 0 radical (unpaired) electrons. The van der Waals surface area contributed by atoms with Crippen molar-refractivity contribution in [1.82, 2.24) is 5.32 Å². The largest absolute Gasteiger partial charge is 0.465 e. The number of hydrogen-bond acceptors (Lipinski definition) is 5. The summed E-state index contributed by atoms with van der Waals surface area (Å²) in [7, 11) is 2.83. The lowest BCUT2D eigenvalue weighted by atomic mass is 10.1. The molecule has 0 bridgehead atoms. The van der Waals surface area contributed by atoms with Crippen LogP contribution in [0.25, 0.3) is 0 Å². The van der Waals surface area contributed by atoms with Crippen LogP contribution in [0.1, 0.15) is 16.8 Å². The predicted molar refractivity (Wildman–Crippen MR) is 74.4 cm³/mol. The van der Waals surface area contributed by atoms with Crippen LogP contribution in [0.3, 0.4) is 0 Å². The van der Waals surface area contributed by atoms with E-state index < -0.39 is 5.97 Å². The minimum atomic E-state index is -0.545. The summed E-state index contributed by atoms with van der Waals surface area (Å²) in [6.07, 6.45) is 0.262. The predicted octanol–water partition coefficient (Wildman–Crippen LogP) is 1.26. The summed E-state index contributed by atoms with van der Waals surface area (Å²) in [6, 6.07) is 3.00. The van der Waals surface area contributed by atoms with Gasteiger partial charge in [-0.1, -0.05) is 11.6 Å². The van der Waals surface area contributed by atoms with Gasteiger partial charge >= 0.3 is 5.97 Å². The zero-order chi connectivity index (χ0) is 14.4. The van der Waals surface area contributed by atoms with Crippen LogP contribution in [0, 0.1) is 0 Å². The van der Waals surface area contributed by atoms with Crippen molar-refractivity contribution in [3.8, 4) is 0 Å². The molecule has 0 aliphatic rings. The van der Waals surface area contributed by atoms with E-state index in [1.165, 1.54) is 19.2 Å². The lowest BCUT2D eigenvalue weighted by Crippen LogP contribution is -2.21. The fourth-order valence-corrected chi connectivity index (χ4v) is 1.80. The fourth-order valence-electron chi connectivity index (χ4n) is 1.50. The first kappa shape index (κ1) is 15.1. The maximum atomic E-state index is 11.6. The normalized spacial score (nSPS) is 9.84. The fraction of sp³-hybridized carbons (Fsp3) is 0.333. The molecule has 4 N–H and O–H groups in total. The molecular weight excluding hydrogens is 270 g/mol. The van der Waals surface area contributed by atoms with Crippen molar-refractivity contribution in [3.05, 3.63) is 22.7 Å². The van der Waals surface area contributed by atoms with Crippen molar-refractivity contribution in [3.63, 3.8) is 0 Å². The van der Waals surface area contributed by atoms with Gasteiger partial charge in [0.2, 0.25) is 5.91 Å². The number of esters is 1. The number of nitrogen functional groups attached to an aromatic ring is 1. The third kappa shape index (κ3) is 4.03. The summed E-state index contributed by atoms with van der Waals surface area (Å²) in [5.41, 5.74) is 6.65. The van der Waals surface area contributed by atoms with Crippen molar-refractivity contribution in [2.24, 2.45) is 0 Å². The van der Waals surface area contributed by atoms with E-state index in [1.54, 1.807) is 7.05 Å². The van der Waals surface area contributed by atoms with Crippen molar-refractivity contribution in [2.75, 3.05) is 31.8 Å². The molecule has 19 heavy (non-hydrogen) atoms. The van der Waals surface area contributed by atoms with E-state index in [9.17, 15) is 9.59 Å². The number of halogens is 1. The van der Waals surface area contributed by atoms with Crippen molar-refractivity contribution in [1.29, 1.82) is 0 Å². The van der Waals surface area contributed by atoms with E-state index in [4.69, 9.17) is 17.3 Å². The minimum Gasteiger partial charge on any atom is -0.465 e. The van der Waals surface area contributed by atoms with Gasteiger partial charge < -0.3 is 21.1 Å². The quantitative estimate of drug-likeness (QED) is 0.559. The molecule has 0 aliphatic carbocycles. The van der Waals surface area contributed by atoms with Crippen LogP contribution in [0.4, 0.5) is 11.4 Å². The van der Waals surface area contributed by atoms with Gasteiger partial charge in [0.1, 0.15) is 0 Å². The molecule has 0 heterocycles. The van der Waals surface area contributed by atoms with Gasteiger partial charge in [-0.2, -0.15) is 0 Å². The Balaban J connectivity index is 2.92. The second-order valence-corrected chi connectivity index (χ2v) is 4.17. The lowest BCUT2D eigenvalue weighted by Gasteiger charge is -2.13. The molecule has 0 saturated heterocycles. The molecule has 0 saturated carbocycles. The van der Waals surface area contributed by atoms with Crippen molar-refractivity contribution < 1.29 is 14.3 Å². The van der Waals surface area contributed by atoms with Crippen LogP contribution < -0.4 is 16.4 Å². The molecule has 0 atom stereocenters. The van der Waals surface area contributed by atoms with E-state index in [0.29, 0.717) is 22.9 Å². The van der Waals surface area contributed by atoms with E-state index in [-0.39, 0.29) is 17.9 Å². The Morgan fingerprint density at radius 2 is 2.11 bits per heavy atom. The molecule has 7 heteroatoms. The molecule has 0 aliphatic heterocycles. The van der Waals surface area contributed by atoms with Crippen LogP contribution in [-0.2, 0) is 9.53 Å². The van der Waals surface area contributed by atoms with Gasteiger partial charge in [-0.15, -0.1) is 0 Å². The van der Waals surface area contributed by atoms with E-state index in [1.807, 2.05) is 0 Å². The molecule has 0 spiro atoms. The lowest BCUT2D eigenvalue weighted by molar-refractivity contribution is -0.120. The summed E-state index contributed by atoms with van der Waals surface area (Å²) in [5, 5.41) is 5.74. The Morgan fingerprint density at radius 1 is 1.42 bits per heavy atom. The third-order valence-electron chi connectivity index (χ3n) is 2.45. The first-order chi connectivity index (χ1) is 8.99. The average Bonchev–Trinajstić information content (AvgIpc) is 2.39. The standard InChI is InChI=1S/C12H16ClN3O3/c1-15-10(17)3-4-16-11-8(12(18)19-2)5-7(14)6-9(11)13/h5-6,16H,3-4,14H2,1-2H3,(H,15,17). The Morgan fingerprint density at radius 3 is 2.68 bits per heavy atom. The number of rotatable bonds is 5. The number of carbonyl (C=O) groups excluding carboxylic acids is 2. The molecule has 0 unspecified atom stereocenters. The Kier molecular flexibility index (Phi) is 5.44. The van der Waals surface area contributed by atoms with E-state index in [0.717, 1.165) is 0 Å². The summed E-state index contributed by atoms with van der Waals surface area (Å²) in [6.45, 7) is 0.341. The van der Waals surface area contributed by atoms with E-state index >= 15 is 0 Å². The first-order valence-corrected chi connectivity index (χ1v) is 5.99. The molecule has 104 valence electrons. The number of methoxy groups -OCH3 is 1. The minimum absolute atomic E-state index is 0.112. The maximum Gasteiger partial charge on any atom is 0.340 e. The highest BCUT2D eigenvalue weighted by Crippen LogP contribution is 2.29. The number of nitrogens with two attached hydrogens (primary N) is 1. The average molecular weight is 286 g/mol. The molecule has 1 rings (SSSR count). The maximum absolute atomic E-state index is 11.6. The highest BCUT2D eigenvalue weighted by atomic mass is 35.5. The molecule has 6 nitrogen and oxygen atoms in total. The van der Waals surface area contributed by atoms with Gasteiger partial charge in [0.25, 0.3) is 0 Å². The summed E-state index contributed by atoms with van der Waals surface area (Å²) in [4.78, 5) is 22.8. The molecule has 1 aromatic carbocycles. The Bertz CT molecular complexity index is 491. The number of benzene rings is 1. The van der Waals surface area contributed by atoms with Gasteiger partial charge in [-0.3, -0.25) is 4.79 Å². The SMILES string of the molecule is CNC(=O)CCNc1c(Cl)cc(N)cc1C(=O)OC. The molecular formula is C12H16ClN3O3. The molecule has 0 aromatic heterocycles. The number of ether oxygens (including phenoxy) is 1. The molecule has 0 fully saturated rings. The van der Waals surface area contributed by atoms with Crippen molar-refractivity contribution >= 4 is 34.9 Å². The Labute approximate surface area is 116 Å². The Hall–Kier alpha value is -1.95. The highest BCUT2D eigenvalue weighted by molar-refractivity contribution is 6.34. The number of nitrogens with one attached hydrogen (secondary N) is 2. The van der Waals surface area contributed by atoms with Crippen LogP contribution in [0.5, 0.6) is 0 Å².